The highest BCUT2D eigenvalue weighted by Crippen LogP contribution is 2.25. The minimum atomic E-state index is -0.0527. The first kappa shape index (κ1) is 20.0. The minimum Gasteiger partial charge on any atom is -0.370 e. The van der Waals surface area contributed by atoms with Crippen LogP contribution in [0.2, 0.25) is 0 Å². The number of nitrogens with one attached hydrogen (secondary N) is 2. The quantitative estimate of drug-likeness (QED) is 0.692. The summed E-state index contributed by atoms with van der Waals surface area (Å²) in [4.78, 5) is 32.0. The molecule has 0 aliphatic carbocycles. The third-order valence-electron chi connectivity index (χ3n) is 5.42. The van der Waals surface area contributed by atoms with E-state index >= 15 is 0 Å². The largest absolute Gasteiger partial charge is 0.370 e. The standard InChI is InChI=1S/C21H26N4O3S/c26-19(12-18-15-29-21(23-18)25-7-3-6-20(25)27)22-13-16-4-1-2-5-17(16)14-24-8-10-28-11-9-24/h1-2,4-5,15H,3,6-14H2,(H,22,26)/p+1. The van der Waals surface area contributed by atoms with Gasteiger partial charge in [-0.25, -0.2) is 4.98 Å². The molecule has 0 unspecified atom stereocenters. The Morgan fingerprint density at radius 1 is 1.24 bits per heavy atom. The lowest BCUT2D eigenvalue weighted by atomic mass is 10.1. The number of amides is 2. The van der Waals surface area contributed by atoms with Gasteiger partial charge in [-0.05, 0) is 12.0 Å². The highest BCUT2D eigenvalue weighted by atomic mass is 32.1. The Kier molecular flexibility index (Phi) is 6.53. The molecule has 2 N–H and O–H groups in total. The Morgan fingerprint density at radius 2 is 2.03 bits per heavy atom. The van der Waals surface area contributed by atoms with Gasteiger partial charge in [-0.15, -0.1) is 11.3 Å². The molecule has 29 heavy (non-hydrogen) atoms. The van der Waals surface area contributed by atoms with Crippen molar-refractivity contribution in [3.05, 3.63) is 46.5 Å². The highest BCUT2D eigenvalue weighted by Gasteiger charge is 2.24. The summed E-state index contributed by atoms with van der Waals surface area (Å²) in [5, 5.41) is 5.60. The molecule has 1 aromatic heterocycles. The van der Waals surface area contributed by atoms with Crippen LogP contribution in [0.4, 0.5) is 5.13 Å². The molecule has 4 rings (SSSR count). The number of ether oxygens (including phenoxy) is 1. The van der Waals surface area contributed by atoms with E-state index in [2.05, 4.69) is 28.5 Å². The van der Waals surface area contributed by atoms with E-state index in [1.165, 1.54) is 21.8 Å². The zero-order valence-electron chi connectivity index (χ0n) is 16.5. The van der Waals surface area contributed by atoms with Gasteiger partial charge in [0, 0.05) is 30.5 Å². The van der Waals surface area contributed by atoms with Crippen LogP contribution >= 0.6 is 11.3 Å². The summed E-state index contributed by atoms with van der Waals surface area (Å²) < 4.78 is 5.44. The van der Waals surface area contributed by atoms with Gasteiger partial charge in [-0.2, -0.15) is 0 Å². The maximum absolute atomic E-state index is 12.4. The number of quaternary nitrogens is 1. The number of hydrogen-bond donors (Lipinski definition) is 2. The Hall–Kier alpha value is -2.29. The van der Waals surface area contributed by atoms with Crippen molar-refractivity contribution in [2.24, 2.45) is 0 Å². The van der Waals surface area contributed by atoms with Crippen LogP contribution in [0.3, 0.4) is 0 Å². The summed E-state index contributed by atoms with van der Waals surface area (Å²) >= 11 is 1.43. The Balaban J connectivity index is 1.31. The first-order valence-corrected chi connectivity index (χ1v) is 11.1. The number of rotatable bonds is 7. The van der Waals surface area contributed by atoms with Crippen molar-refractivity contribution in [3.63, 3.8) is 0 Å². The van der Waals surface area contributed by atoms with Crippen molar-refractivity contribution in [2.75, 3.05) is 37.7 Å². The summed E-state index contributed by atoms with van der Waals surface area (Å²) in [6, 6.07) is 8.29. The molecule has 2 aromatic rings. The van der Waals surface area contributed by atoms with E-state index in [1.807, 2.05) is 11.4 Å². The van der Waals surface area contributed by atoms with E-state index in [1.54, 1.807) is 4.90 Å². The molecule has 2 saturated heterocycles. The number of nitrogens with zero attached hydrogens (tertiary/aromatic N) is 2. The van der Waals surface area contributed by atoms with Crippen LogP contribution in [0, 0.1) is 0 Å². The van der Waals surface area contributed by atoms with Gasteiger partial charge < -0.3 is 15.0 Å². The van der Waals surface area contributed by atoms with Crippen LogP contribution < -0.4 is 15.1 Å². The van der Waals surface area contributed by atoms with Crippen LogP contribution in [-0.4, -0.2) is 49.6 Å². The van der Waals surface area contributed by atoms with Gasteiger partial charge in [0.15, 0.2) is 5.13 Å². The molecule has 0 atom stereocenters. The fourth-order valence-corrected chi connectivity index (χ4v) is 4.65. The molecular formula is C21H27N4O3S+. The van der Waals surface area contributed by atoms with Gasteiger partial charge in [-0.3, -0.25) is 14.5 Å². The van der Waals surface area contributed by atoms with Gasteiger partial charge in [0.1, 0.15) is 19.6 Å². The predicted octanol–water partition coefficient (Wildman–Crippen LogP) is 0.544. The summed E-state index contributed by atoms with van der Waals surface area (Å²) in [5.74, 6) is 0.0671. The number of benzene rings is 1. The molecule has 2 aliphatic heterocycles. The molecule has 0 bridgehead atoms. The number of carbonyl (C=O) groups excluding carboxylic acids is 2. The van der Waals surface area contributed by atoms with Gasteiger partial charge in [0.25, 0.3) is 0 Å². The van der Waals surface area contributed by atoms with Crippen molar-refractivity contribution < 1.29 is 19.2 Å². The topological polar surface area (TPSA) is 76.0 Å². The normalized spacial score (nSPS) is 17.7. The molecule has 3 heterocycles. The van der Waals surface area contributed by atoms with Crippen molar-refractivity contribution in [1.82, 2.24) is 10.3 Å². The van der Waals surface area contributed by atoms with E-state index in [4.69, 9.17) is 4.74 Å². The third-order valence-corrected chi connectivity index (χ3v) is 6.33. The molecule has 2 fully saturated rings. The van der Waals surface area contributed by atoms with Crippen molar-refractivity contribution >= 4 is 28.3 Å². The predicted molar refractivity (Wildman–Crippen MR) is 111 cm³/mol. The molecule has 0 saturated carbocycles. The molecule has 0 spiro atoms. The smallest absolute Gasteiger partial charge is 0.228 e. The Labute approximate surface area is 174 Å². The molecule has 2 amide bonds. The maximum Gasteiger partial charge on any atom is 0.228 e. The van der Waals surface area contributed by atoms with Gasteiger partial charge in [-0.1, -0.05) is 24.3 Å². The fraction of sp³-hybridized carbons (Fsp3) is 0.476. The van der Waals surface area contributed by atoms with Crippen LogP contribution in [0.25, 0.3) is 0 Å². The summed E-state index contributed by atoms with van der Waals surface area (Å²) in [7, 11) is 0. The van der Waals surface area contributed by atoms with E-state index in [9.17, 15) is 9.59 Å². The molecular weight excluding hydrogens is 388 g/mol. The summed E-state index contributed by atoms with van der Waals surface area (Å²) in [5.41, 5.74) is 3.14. The fourth-order valence-electron chi connectivity index (χ4n) is 3.78. The minimum absolute atomic E-state index is 0.0527. The summed E-state index contributed by atoms with van der Waals surface area (Å²) in [6.45, 7) is 5.85. The monoisotopic (exact) mass is 415 g/mol. The van der Waals surface area contributed by atoms with Crippen LogP contribution in [0.5, 0.6) is 0 Å². The number of thiazole rings is 1. The van der Waals surface area contributed by atoms with Crippen molar-refractivity contribution in [1.29, 1.82) is 0 Å². The van der Waals surface area contributed by atoms with Gasteiger partial charge in [0.05, 0.1) is 25.3 Å². The molecule has 7 nitrogen and oxygen atoms in total. The first-order chi connectivity index (χ1) is 14.2. The van der Waals surface area contributed by atoms with E-state index in [0.29, 0.717) is 23.8 Å². The zero-order valence-corrected chi connectivity index (χ0v) is 17.3. The number of morpholine rings is 1. The lowest BCUT2D eigenvalue weighted by Gasteiger charge is -2.24. The number of hydrogen-bond acceptors (Lipinski definition) is 5. The first-order valence-electron chi connectivity index (χ1n) is 10.2. The van der Waals surface area contributed by atoms with Gasteiger partial charge in [0.2, 0.25) is 11.8 Å². The van der Waals surface area contributed by atoms with Crippen molar-refractivity contribution in [3.8, 4) is 0 Å². The molecule has 8 heteroatoms. The number of aromatic nitrogens is 1. The highest BCUT2D eigenvalue weighted by molar-refractivity contribution is 7.14. The molecule has 2 aliphatic rings. The van der Waals surface area contributed by atoms with E-state index in [-0.39, 0.29) is 18.2 Å². The van der Waals surface area contributed by atoms with Crippen LogP contribution in [-0.2, 0) is 33.8 Å². The summed E-state index contributed by atoms with van der Waals surface area (Å²) in [6.07, 6.45) is 1.69. The van der Waals surface area contributed by atoms with E-state index in [0.717, 1.165) is 51.4 Å². The molecule has 1 aromatic carbocycles. The molecule has 154 valence electrons. The lowest BCUT2D eigenvalue weighted by molar-refractivity contribution is -0.921. The SMILES string of the molecule is O=C(Cc1csc(N2CCCC2=O)n1)NCc1ccccc1C[NH+]1CCOCC1. The second kappa shape index (κ2) is 9.47. The zero-order chi connectivity index (χ0) is 20.1. The van der Waals surface area contributed by atoms with Crippen LogP contribution in [0.15, 0.2) is 29.6 Å². The lowest BCUT2D eigenvalue weighted by Crippen LogP contribution is -3.12. The second-order valence-corrected chi connectivity index (χ2v) is 8.37. The average molecular weight is 416 g/mol. The van der Waals surface area contributed by atoms with Gasteiger partial charge >= 0.3 is 0 Å². The third kappa shape index (κ3) is 5.20. The average Bonchev–Trinajstić information content (AvgIpc) is 3.36. The van der Waals surface area contributed by atoms with Crippen LogP contribution in [0.1, 0.15) is 29.7 Å². The maximum atomic E-state index is 12.4. The van der Waals surface area contributed by atoms with Crippen molar-refractivity contribution in [2.45, 2.75) is 32.4 Å². The molecule has 0 radical (unpaired) electrons. The van der Waals surface area contributed by atoms with E-state index < -0.39 is 0 Å². The Morgan fingerprint density at radius 3 is 2.79 bits per heavy atom. The second-order valence-electron chi connectivity index (χ2n) is 7.53. The number of anilines is 1. The number of carbonyl (C=O) groups is 2. The Bertz CT molecular complexity index is 863.